The Morgan fingerprint density at radius 1 is 1.32 bits per heavy atom. The summed E-state index contributed by atoms with van der Waals surface area (Å²) in [5.74, 6) is 0. The Morgan fingerprint density at radius 3 is 2.63 bits per heavy atom. The van der Waals surface area contributed by atoms with Crippen LogP contribution in [0.5, 0.6) is 0 Å². The quantitative estimate of drug-likeness (QED) is 0.811. The second kappa shape index (κ2) is 5.16. The fraction of sp³-hybridized carbons (Fsp3) is 0.500. The predicted molar refractivity (Wildman–Crippen MR) is 69.1 cm³/mol. The van der Waals surface area contributed by atoms with Gasteiger partial charge in [0.15, 0.2) is 0 Å². The summed E-state index contributed by atoms with van der Waals surface area (Å²) in [6.07, 6.45) is 3.58. The lowest BCUT2D eigenvalue weighted by atomic mass is 10.2. The average Bonchev–Trinajstić information content (AvgIpc) is 2.39. The zero-order chi connectivity index (χ0) is 14.1. The van der Waals surface area contributed by atoms with Crippen molar-refractivity contribution in [3.8, 4) is 0 Å². The van der Waals surface area contributed by atoms with Crippen molar-refractivity contribution in [2.24, 2.45) is 5.14 Å². The molecule has 2 heterocycles. The second-order valence-corrected chi connectivity index (χ2v) is 8.19. The first-order valence-corrected chi connectivity index (χ1v) is 8.78. The Labute approximate surface area is 112 Å². The van der Waals surface area contributed by atoms with Gasteiger partial charge in [0.1, 0.15) is 4.90 Å². The van der Waals surface area contributed by atoms with Crippen molar-refractivity contribution in [2.75, 3.05) is 13.1 Å². The monoisotopic (exact) mass is 305 g/mol. The Kier molecular flexibility index (Phi) is 3.90. The number of hydrogen-bond donors (Lipinski definition) is 1. The Hall–Kier alpha value is -1.03. The van der Waals surface area contributed by atoms with E-state index in [1.807, 2.05) is 0 Å². The van der Waals surface area contributed by atoms with Crippen molar-refractivity contribution in [3.63, 3.8) is 0 Å². The van der Waals surface area contributed by atoms with E-state index in [1.54, 1.807) is 0 Å². The lowest BCUT2D eigenvalue weighted by molar-refractivity contribution is 0.346. The number of nitrogens with zero attached hydrogens (tertiary/aromatic N) is 2. The van der Waals surface area contributed by atoms with Crippen molar-refractivity contribution >= 4 is 20.0 Å². The highest BCUT2D eigenvalue weighted by molar-refractivity contribution is 7.90. The zero-order valence-electron chi connectivity index (χ0n) is 10.1. The molecule has 1 aliphatic heterocycles. The van der Waals surface area contributed by atoms with Gasteiger partial charge in [0.05, 0.1) is 5.25 Å². The molecule has 2 rings (SSSR count). The highest BCUT2D eigenvalue weighted by Gasteiger charge is 2.34. The van der Waals surface area contributed by atoms with Gasteiger partial charge >= 0.3 is 0 Å². The molecule has 0 amide bonds. The summed E-state index contributed by atoms with van der Waals surface area (Å²) >= 11 is 0. The van der Waals surface area contributed by atoms with E-state index in [0.717, 1.165) is 4.31 Å². The van der Waals surface area contributed by atoms with Gasteiger partial charge in [-0.3, -0.25) is 4.98 Å². The number of piperidine rings is 1. The molecule has 1 atom stereocenters. The fourth-order valence-corrected chi connectivity index (χ4v) is 4.51. The highest BCUT2D eigenvalue weighted by atomic mass is 32.2. The lowest BCUT2D eigenvalue weighted by Crippen LogP contribution is -2.46. The predicted octanol–water partition coefficient (Wildman–Crippen LogP) is -0.477. The molecule has 1 aliphatic rings. The zero-order valence-corrected chi connectivity index (χ0v) is 11.8. The molecule has 0 radical (unpaired) electrons. The van der Waals surface area contributed by atoms with Crippen LogP contribution >= 0.6 is 0 Å². The number of rotatable bonds is 3. The smallest absolute Gasteiger partial charge is 0.244 e. The van der Waals surface area contributed by atoms with Gasteiger partial charge in [-0.05, 0) is 25.0 Å². The van der Waals surface area contributed by atoms with Crippen LogP contribution in [0.4, 0.5) is 0 Å². The van der Waals surface area contributed by atoms with Crippen LogP contribution in [-0.4, -0.2) is 44.5 Å². The minimum atomic E-state index is -3.72. The van der Waals surface area contributed by atoms with Crippen LogP contribution in [0, 0.1) is 0 Å². The van der Waals surface area contributed by atoms with Crippen LogP contribution in [0.2, 0.25) is 0 Å². The van der Waals surface area contributed by atoms with E-state index in [1.165, 1.54) is 24.5 Å². The van der Waals surface area contributed by atoms with Crippen LogP contribution in [0.15, 0.2) is 29.4 Å². The SMILES string of the molecule is NS(=O)(=O)C1CCCN(S(=O)(=O)c2cccnc2)C1. The standard InChI is InChI=1S/C10H15N3O4S2/c11-18(14,15)10-4-2-6-13(8-10)19(16,17)9-3-1-5-12-7-9/h1,3,5,7,10H,2,4,6,8H2,(H2,11,14,15). The minimum absolute atomic E-state index is 0.0602. The molecule has 1 saturated heterocycles. The van der Waals surface area contributed by atoms with Crippen molar-refractivity contribution in [1.29, 1.82) is 0 Å². The average molecular weight is 305 g/mol. The van der Waals surface area contributed by atoms with Crippen molar-refractivity contribution < 1.29 is 16.8 Å². The summed E-state index contributed by atoms with van der Waals surface area (Å²) in [5.41, 5.74) is 0. The van der Waals surface area contributed by atoms with Gasteiger partial charge in [-0.25, -0.2) is 22.0 Å². The van der Waals surface area contributed by atoms with E-state index >= 15 is 0 Å². The van der Waals surface area contributed by atoms with Crippen molar-refractivity contribution in [2.45, 2.75) is 23.0 Å². The summed E-state index contributed by atoms with van der Waals surface area (Å²) < 4.78 is 48.5. The minimum Gasteiger partial charge on any atom is -0.263 e. The van der Waals surface area contributed by atoms with Gasteiger partial charge in [-0.2, -0.15) is 4.31 Å². The van der Waals surface area contributed by atoms with Gasteiger partial charge in [0, 0.05) is 25.5 Å². The normalized spacial score (nSPS) is 22.3. The third-order valence-corrected chi connectivity index (χ3v) is 6.24. The van der Waals surface area contributed by atoms with E-state index in [0.29, 0.717) is 19.4 Å². The second-order valence-electron chi connectivity index (χ2n) is 4.41. The molecule has 106 valence electrons. The van der Waals surface area contributed by atoms with Crippen molar-refractivity contribution in [1.82, 2.24) is 9.29 Å². The van der Waals surface area contributed by atoms with E-state index in [4.69, 9.17) is 5.14 Å². The maximum Gasteiger partial charge on any atom is 0.244 e. The molecule has 1 aromatic heterocycles. The number of pyridine rings is 1. The van der Waals surface area contributed by atoms with E-state index < -0.39 is 25.3 Å². The van der Waals surface area contributed by atoms with Crippen LogP contribution in [0.3, 0.4) is 0 Å². The van der Waals surface area contributed by atoms with Gasteiger partial charge in [-0.15, -0.1) is 0 Å². The number of primary sulfonamides is 1. The number of sulfonamides is 2. The van der Waals surface area contributed by atoms with Crippen LogP contribution in [-0.2, 0) is 20.0 Å². The summed E-state index contributed by atoms with van der Waals surface area (Å²) in [7, 11) is -7.43. The molecule has 0 saturated carbocycles. The summed E-state index contributed by atoms with van der Waals surface area (Å²) in [6.45, 7) is 0.194. The summed E-state index contributed by atoms with van der Waals surface area (Å²) in [6, 6.07) is 2.96. The number of hydrogen-bond acceptors (Lipinski definition) is 5. The number of aromatic nitrogens is 1. The van der Waals surface area contributed by atoms with Crippen LogP contribution in [0.1, 0.15) is 12.8 Å². The molecular formula is C10H15N3O4S2. The molecule has 0 bridgehead atoms. The first-order valence-electron chi connectivity index (χ1n) is 5.73. The Bertz CT molecular complexity index is 643. The number of nitrogens with two attached hydrogens (primary N) is 1. The molecule has 1 unspecified atom stereocenters. The van der Waals surface area contributed by atoms with E-state index in [2.05, 4.69) is 4.98 Å². The lowest BCUT2D eigenvalue weighted by Gasteiger charge is -2.30. The Morgan fingerprint density at radius 2 is 2.05 bits per heavy atom. The van der Waals surface area contributed by atoms with Crippen molar-refractivity contribution in [3.05, 3.63) is 24.5 Å². The molecule has 1 fully saturated rings. The Balaban J connectivity index is 2.27. The maximum absolute atomic E-state index is 12.3. The molecule has 7 nitrogen and oxygen atoms in total. The van der Waals surface area contributed by atoms with Gasteiger partial charge < -0.3 is 0 Å². The van der Waals surface area contributed by atoms with E-state index in [-0.39, 0.29) is 11.4 Å². The van der Waals surface area contributed by atoms with E-state index in [9.17, 15) is 16.8 Å². The van der Waals surface area contributed by atoms with Gasteiger partial charge in [0.2, 0.25) is 20.0 Å². The highest BCUT2D eigenvalue weighted by Crippen LogP contribution is 2.22. The molecule has 2 N–H and O–H groups in total. The fourth-order valence-electron chi connectivity index (χ4n) is 2.04. The summed E-state index contributed by atoms with van der Waals surface area (Å²) in [4.78, 5) is 3.83. The largest absolute Gasteiger partial charge is 0.263 e. The van der Waals surface area contributed by atoms with Crippen LogP contribution < -0.4 is 5.14 Å². The molecule has 0 aromatic carbocycles. The molecular weight excluding hydrogens is 290 g/mol. The molecule has 9 heteroatoms. The molecule has 19 heavy (non-hydrogen) atoms. The summed E-state index contributed by atoms with van der Waals surface area (Å²) in [5, 5.41) is 4.25. The van der Waals surface area contributed by atoms with Gasteiger partial charge in [0.25, 0.3) is 0 Å². The first kappa shape index (κ1) is 14.4. The molecule has 0 aliphatic carbocycles. The third-order valence-electron chi connectivity index (χ3n) is 3.08. The van der Waals surface area contributed by atoms with Gasteiger partial charge in [-0.1, -0.05) is 0 Å². The molecule has 0 spiro atoms. The molecule has 1 aromatic rings. The van der Waals surface area contributed by atoms with Crippen LogP contribution in [0.25, 0.3) is 0 Å². The topological polar surface area (TPSA) is 110 Å². The first-order chi connectivity index (χ1) is 8.82. The maximum atomic E-state index is 12.3. The third kappa shape index (κ3) is 3.11.